The van der Waals surface area contributed by atoms with Crippen LogP contribution in [0.15, 0.2) is 24.3 Å². The third-order valence-corrected chi connectivity index (χ3v) is 3.05. The van der Waals surface area contributed by atoms with Crippen LogP contribution in [0.4, 0.5) is 0 Å². The second kappa shape index (κ2) is 7.36. The second-order valence-corrected chi connectivity index (χ2v) is 4.73. The minimum Gasteiger partial charge on any atom is -0.497 e. The Kier molecular flexibility index (Phi) is 6.12. The highest BCUT2D eigenvalue weighted by molar-refractivity contribution is 5.29. The molecule has 3 N–H and O–H groups in total. The smallest absolute Gasteiger partial charge is 0.119 e. The Labute approximate surface area is 109 Å². The molecule has 0 amide bonds. The van der Waals surface area contributed by atoms with Crippen LogP contribution in [0.25, 0.3) is 0 Å². The van der Waals surface area contributed by atoms with Gasteiger partial charge in [0.25, 0.3) is 0 Å². The van der Waals surface area contributed by atoms with Crippen LogP contribution < -0.4 is 10.1 Å². The standard InChI is InChI=1S/C14H23NO3/c1-10(2)13(9-16)15-8-14(17)11-5-4-6-12(7-11)18-3/h4-7,10,13-17H,8-9H2,1-3H3. The molecule has 4 heteroatoms. The van der Waals surface area contributed by atoms with E-state index in [0.29, 0.717) is 12.5 Å². The fraction of sp³-hybridized carbons (Fsp3) is 0.571. The number of benzene rings is 1. The molecule has 0 saturated heterocycles. The average Bonchev–Trinajstić information content (AvgIpc) is 2.38. The van der Waals surface area contributed by atoms with Gasteiger partial charge >= 0.3 is 0 Å². The summed E-state index contributed by atoms with van der Waals surface area (Å²) in [6.07, 6.45) is -0.604. The van der Waals surface area contributed by atoms with Gasteiger partial charge in [-0.2, -0.15) is 0 Å². The van der Waals surface area contributed by atoms with Crippen LogP contribution in [0, 0.1) is 5.92 Å². The van der Waals surface area contributed by atoms with Crippen molar-refractivity contribution in [3.05, 3.63) is 29.8 Å². The number of methoxy groups -OCH3 is 1. The van der Waals surface area contributed by atoms with Gasteiger partial charge in [0.05, 0.1) is 19.8 Å². The van der Waals surface area contributed by atoms with E-state index in [1.807, 2.05) is 38.1 Å². The lowest BCUT2D eigenvalue weighted by molar-refractivity contribution is 0.148. The van der Waals surface area contributed by atoms with Gasteiger partial charge in [-0.25, -0.2) is 0 Å². The van der Waals surface area contributed by atoms with Gasteiger partial charge < -0.3 is 20.3 Å². The van der Waals surface area contributed by atoms with Crippen molar-refractivity contribution < 1.29 is 14.9 Å². The van der Waals surface area contributed by atoms with Gasteiger partial charge in [-0.3, -0.25) is 0 Å². The molecule has 0 aliphatic heterocycles. The number of rotatable bonds is 7. The van der Waals surface area contributed by atoms with Crippen LogP contribution in [0.2, 0.25) is 0 Å². The maximum Gasteiger partial charge on any atom is 0.119 e. The Hall–Kier alpha value is -1.10. The van der Waals surface area contributed by atoms with E-state index >= 15 is 0 Å². The number of ether oxygens (including phenoxy) is 1. The molecule has 0 aliphatic rings. The summed E-state index contributed by atoms with van der Waals surface area (Å²) in [5.74, 6) is 1.06. The largest absolute Gasteiger partial charge is 0.497 e. The van der Waals surface area contributed by atoms with Crippen molar-refractivity contribution >= 4 is 0 Å². The molecule has 18 heavy (non-hydrogen) atoms. The molecule has 0 aromatic heterocycles. The van der Waals surface area contributed by atoms with Crippen LogP contribution in [-0.2, 0) is 0 Å². The van der Waals surface area contributed by atoms with E-state index in [1.165, 1.54) is 0 Å². The first kappa shape index (κ1) is 15.0. The predicted octanol–water partition coefficient (Wildman–Crippen LogP) is 1.34. The molecule has 2 unspecified atom stereocenters. The van der Waals surface area contributed by atoms with E-state index in [2.05, 4.69) is 5.32 Å². The molecule has 0 saturated carbocycles. The zero-order chi connectivity index (χ0) is 13.5. The molecule has 0 heterocycles. The molecule has 0 fully saturated rings. The fourth-order valence-corrected chi connectivity index (χ4v) is 1.74. The molecule has 1 rings (SSSR count). The maximum atomic E-state index is 10.1. The lowest BCUT2D eigenvalue weighted by Gasteiger charge is -2.22. The number of hydrogen-bond acceptors (Lipinski definition) is 4. The lowest BCUT2D eigenvalue weighted by Crippen LogP contribution is -2.39. The van der Waals surface area contributed by atoms with Crippen LogP contribution in [0.3, 0.4) is 0 Å². The molecular formula is C14H23NO3. The quantitative estimate of drug-likeness (QED) is 0.686. The van der Waals surface area contributed by atoms with Crippen molar-refractivity contribution in [2.45, 2.75) is 26.0 Å². The molecule has 2 atom stereocenters. The summed E-state index contributed by atoms with van der Waals surface area (Å²) >= 11 is 0. The zero-order valence-corrected chi connectivity index (χ0v) is 11.3. The third kappa shape index (κ3) is 4.29. The van der Waals surface area contributed by atoms with Crippen molar-refractivity contribution in [1.82, 2.24) is 5.32 Å². The Morgan fingerprint density at radius 3 is 2.61 bits per heavy atom. The molecule has 0 aliphatic carbocycles. The Morgan fingerprint density at radius 1 is 1.33 bits per heavy atom. The molecule has 1 aromatic rings. The molecule has 0 spiro atoms. The van der Waals surface area contributed by atoms with E-state index in [4.69, 9.17) is 4.74 Å². The summed E-state index contributed by atoms with van der Waals surface area (Å²) in [5, 5.41) is 22.4. The van der Waals surface area contributed by atoms with Gasteiger partial charge in [-0.15, -0.1) is 0 Å². The highest BCUT2D eigenvalue weighted by Gasteiger charge is 2.14. The molecule has 1 aromatic carbocycles. The summed E-state index contributed by atoms with van der Waals surface area (Å²) in [6.45, 7) is 4.55. The van der Waals surface area contributed by atoms with E-state index in [9.17, 15) is 10.2 Å². The summed E-state index contributed by atoms with van der Waals surface area (Å²) in [7, 11) is 1.60. The summed E-state index contributed by atoms with van der Waals surface area (Å²) < 4.78 is 5.12. The average molecular weight is 253 g/mol. The summed E-state index contributed by atoms with van der Waals surface area (Å²) in [5.41, 5.74) is 0.808. The Bertz CT molecular complexity index is 355. The van der Waals surface area contributed by atoms with Crippen molar-refractivity contribution in [3.8, 4) is 5.75 Å². The highest BCUT2D eigenvalue weighted by atomic mass is 16.5. The highest BCUT2D eigenvalue weighted by Crippen LogP contribution is 2.18. The van der Waals surface area contributed by atoms with Gasteiger partial charge in [0.1, 0.15) is 5.75 Å². The van der Waals surface area contributed by atoms with Gasteiger partial charge in [-0.1, -0.05) is 26.0 Å². The minimum atomic E-state index is -0.604. The van der Waals surface area contributed by atoms with E-state index in [1.54, 1.807) is 7.11 Å². The fourth-order valence-electron chi connectivity index (χ4n) is 1.74. The van der Waals surface area contributed by atoms with Crippen LogP contribution in [-0.4, -0.2) is 36.5 Å². The normalized spacial score (nSPS) is 14.6. The Morgan fingerprint density at radius 2 is 2.06 bits per heavy atom. The summed E-state index contributed by atoms with van der Waals surface area (Å²) in [6, 6.07) is 7.37. The summed E-state index contributed by atoms with van der Waals surface area (Å²) in [4.78, 5) is 0. The van der Waals surface area contributed by atoms with Crippen LogP contribution in [0.1, 0.15) is 25.5 Å². The Balaban J connectivity index is 2.56. The van der Waals surface area contributed by atoms with Gasteiger partial charge in [0.2, 0.25) is 0 Å². The number of nitrogens with one attached hydrogen (secondary N) is 1. The van der Waals surface area contributed by atoms with Gasteiger partial charge in [-0.05, 0) is 23.6 Å². The molecule has 4 nitrogen and oxygen atoms in total. The second-order valence-electron chi connectivity index (χ2n) is 4.73. The van der Waals surface area contributed by atoms with E-state index in [0.717, 1.165) is 11.3 Å². The predicted molar refractivity (Wildman–Crippen MR) is 71.7 cm³/mol. The number of aliphatic hydroxyl groups excluding tert-OH is 2. The van der Waals surface area contributed by atoms with Gasteiger partial charge in [0, 0.05) is 12.6 Å². The first-order valence-electron chi connectivity index (χ1n) is 6.24. The third-order valence-electron chi connectivity index (χ3n) is 3.05. The monoisotopic (exact) mass is 253 g/mol. The van der Waals surface area contributed by atoms with Gasteiger partial charge in [0.15, 0.2) is 0 Å². The molecule has 0 radical (unpaired) electrons. The number of hydrogen-bond donors (Lipinski definition) is 3. The lowest BCUT2D eigenvalue weighted by atomic mass is 10.0. The zero-order valence-electron chi connectivity index (χ0n) is 11.3. The molecular weight excluding hydrogens is 230 g/mol. The minimum absolute atomic E-state index is 0.00487. The van der Waals surface area contributed by atoms with Crippen LogP contribution >= 0.6 is 0 Å². The van der Waals surface area contributed by atoms with Crippen molar-refractivity contribution in [3.63, 3.8) is 0 Å². The first-order valence-corrected chi connectivity index (χ1v) is 6.24. The van der Waals surface area contributed by atoms with E-state index in [-0.39, 0.29) is 12.6 Å². The van der Waals surface area contributed by atoms with Crippen molar-refractivity contribution in [2.75, 3.05) is 20.3 Å². The van der Waals surface area contributed by atoms with Crippen molar-refractivity contribution in [2.24, 2.45) is 5.92 Å². The van der Waals surface area contributed by atoms with E-state index < -0.39 is 6.10 Å². The van der Waals surface area contributed by atoms with Crippen molar-refractivity contribution in [1.29, 1.82) is 0 Å². The maximum absolute atomic E-state index is 10.1. The topological polar surface area (TPSA) is 61.7 Å². The SMILES string of the molecule is COc1cccc(C(O)CNC(CO)C(C)C)c1. The molecule has 0 bridgehead atoms. The number of aliphatic hydroxyl groups is 2. The molecule has 102 valence electrons. The first-order chi connectivity index (χ1) is 8.58. The van der Waals surface area contributed by atoms with Crippen LogP contribution in [0.5, 0.6) is 5.75 Å².